The molecule has 132 valence electrons. The van der Waals surface area contributed by atoms with Crippen molar-refractivity contribution in [2.24, 2.45) is 5.92 Å². The zero-order valence-corrected chi connectivity index (χ0v) is 14.1. The summed E-state index contributed by atoms with van der Waals surface area (Å²) in [6.07, 6.45) is 6.20. The van der Waals surface area contributed by atoms with Gasteiger partial charge in [-0.1, -0.05) is 0 Å². The Balaban J connectivity index is 1.91. The van der Waals surface area contributed by atoms with E-state index < -0.39 is 11.5 Å². The molecule has 1 aliphatic rings. The van der Waals surface area contributed by atoms with Crippen LogP contribution in [-0.4, -0.2) is 59.3 Å². The van der Waals surface area contributed by atoms with Crippen LogP contribution in [0.4, 0.5) is 5.82 Å². The molecule has 1 aromatic rings. The molecule has 24 heavy (non-hydrogen) atoms. The smallest absolute Gasteiger partial charge is 0.305 e. The molecular formula is C16H24N4O4. The average Bonchev–Trinajstić information content (AvgIpc) is 2.55. The Morgan fingerprint density at radius 3 is 2.67 bits per heavy atom. The van der Waals surface area contributed by atoms with E-state index in [0.29, 0.717) is 12.8 Å². The minimum Gasteiger partial charge on any atom is -0.481 e. The van der Waals surface area contributed by atoms with Gasteiger partial charge >= 0.3 is 5.97 Å². The number of aliphatic carboxylic acids is 1. The van der Waals surface area contributed by atoms with Gasteiger partial charge in [0.15, 0.2) is 0 Å². The Hall–Kier alpha value is -2.22. The fourth-order valence-electron chi connectivity index (χ4n) is 3.01. The van der Waals surface area contributed by atoms with Crippen LogP contribution >= 0.6 is 0 Å². The number of hydrogen-bond donors (Lipinski definition) is 2. The number of ether oxygens (including phenoxy) is 1. The molecule has 2 rings (SSSR count). The number of nitrogens with zero attached hydrogens (tertiary/aromatic N) is 3. The zero-order valence-electron chi connectivity index (χ0n) is 14.1. The van der Waals surface area contributed by atoms with Crippen molar-refractivity contribution in [3.63, 3.8) is 0 Å². The Labute approximate surface area is 141 Å². The van der Waals surface area contributed by atoms with Crippen LogP contribution in [0.15, 0.2) is 18.6 Å². The van der Waals surface area contributed by atoms with Crippen molar-refractivity contribution in [2.75, 3.05) is 31.7 Å². The highest BCUT2D eigenvalue weighted by Gasteiger charge is 2.33. The van der Waals surface area contributed by atoms with E-state index in [0.717, 1.165) is 18.9 Å². The summed E-state index contributed by atoms with van der Waals surface area (Å²) in [5.41, 5.74) is -0.903. The van der Waals surface area contributed by atoms with Gasteiger partial charge in [0.1, 0.15) is 5.82 Å². The summed E-state index contributed by atoms with van der Waals surface area (Å²) >= 11 is 0. The molecule has 2 N–H and O–H groups in total. The summed E-state index contributed by atoms with van der Waals surface area (Å²) < 4.78 is 5.07. The normalized spacial score (nSPS) is 18.0. The van der Waals surface area contributed by atoms with E-state index >= 15 is 0 Å². The molecule has 1 aromatic heterocycles. The topological polar surface area (TPSA) is 105 Å². The van der Waals surface area contributed by atoms with Crippen LogP contribution in [0.5, 0.6) is 0 Å². The summed E-state index contributed by atoms with van der Waals surface area (Å²) in [6, 6.07) is 0. The number of anilines is 1. The predicted octanol–water partition coefficient (Wildman–Crippen LogP) is 0.689. The van der Waals surface area contributed by atoms with Crippen LogP contribution < -0.4 is 10.2 Å². The van der Waals surface area contributed by atoms with Crippen LogP contribution in [0.25, 0.3) is 0 Å². The van der Waals surface area contributed by atoms with Gasteiger partial charge in [-0.25, -0.2) is 4.98 Å². The maximum atomic E-state index is 12.5. The lowest BCUT2D eigenvalue weighted by molar-refractivity contribution is -0.140. The van der Waals surface area contributed by atoms with Crippen LogP contribution in [-0.2, 0) is 14.3 Å². The third-order valence-corrected chi connectivity index (χ3v) is 4.17. The van der Waals surface area contributed by atoms with Gasteiger partial charge in [-0.05, 0) is 19.8 Å². The maximum Gasteiger partial charge on any atom is 0.305 e. The van der Waals surface area contributed by atoms with E-state index in [-0.39, 0.29) is 24.9 Å². The molecule has 1 fully saturated rings. The second kappa shape index (κ2) is 8.05. The van der Waals surface area contributed by atoms with E-state index in [1.165, 1.54) is 7.11 Å². The molecule has 1 amide bonds. The fraction of sp³-hybridized carbons (Fsp3) is 0.625. The largest absolute Gasteiger partial charge is 0.481 e. The summed E-state index contributed by atoms with van der Waals surface area (Å²) in [5, 5.41) is 11.9. The van der Waals surface area contributed by atoms with E-state index in [2.05, 4.69) is 20.2 Å². The molecular weight excluding hydrogens is 312 g/mol. The van der Waals surface area contributed by atoms with Gasteiger partial charge in [-0.15, -0.1) is 0 Å². The zero-order chi connectivity index (χ0) is 17.6. The Bertz CT molecular complexity index is 560. The second-order valence-electron chi connectivity index (χ2n) is 6.38. The number of rotatable bonds is 7. The fourth-order valence-corrected chi connectivity index (χ4v) is 3.01. The molecule has 8 heteroatoms. The van der Waals surface area contributed by atoms with Gasteiger partial charge in [-0.2, -0.15) is 0 Å². The first kappa shape index (κ1) is 18.1. The lowest BCUT2D eigenvalue weighted by Gasteiger charge is -2.35. The lowest BCUT2D eigenvalue weighted by atomic mass is 9.92. The standard InChI is InChI=1S/C16H24N4O4/c1-16(11-24-2,9-14(21)22)19-15(23)12-3-7-20(8-4-12)13-10-17-5-6-18-13/h5-6,10,12H,3-4,7-9,11H2,1-2H3,(H,19,23)(H,21,22). The summed E-state index contributed by atoms with van der Waals surface area (Å²) in [4.78, 5) is 34.0. The Morgan fingerprint density at radius 2 is 2.12 bits per heavy atom. The number of carbonyl (C=O) groups is 2. The molecule has 1 unspecified atom stereocenters. The molecule has 0 spiro atoms. The number of piperidine rings is 1. The molecule has 0 bridgehead atoms. The molecule has 1 aliphatic heterocycles. The van der Waals surface area contributed by atoms with Gasteiger partial charge in [0.25, 0.3) is 0 Å². The Kier molecular flexibility index (Phi) is 6.08. The van der Waals surface area contributed by atoms with Crippen molar-refractivity contribution < 1.29 is 19.4 Å². The van der Waals surface area contributed by atoms with E-state index in [9.17, 15) is 9.59 Å². The van der Waals surface area contributed by atoms with Crippen molar-refractivity contribution in [1.29, 1.82) is 0 Å². The minimum absolute atomic E-state index is 0.116. The minimum atomic E-state index is -0.965. The maximum absolute atomic E-state index is 12.5. The summed E-state index contributed by atoms with van der Waals surface area (Å²) in [6.45, 7) is 3.29. The van der Waals surface area contributed by atoms with Gasteiger partial charge in [0.05, 0.1) is 24.8 Å². The van der Waals surface area contributed by atoms with Gasteiger partial charge in [0.2, 0.25) is 5.91 Å². The molecule has 8 nitrogen and oxygen atoms in total. The van der Waals surface area contributed by atoms with Crippen molar-refractivity contribution in [3.8, 4) is 0 Å². The third kappa shape index (κ3) is 4.89. The number of methoxy groups -OCH3 is 1. The molecule has 0 radical (unpaired) electrons. The van der Waals surface area contributed by atoms with Gasteiger partial charge < -0.3 is 20.1 Å². The lowest BCUT2D eigenvalue weighted by Crippen LogP contribution is -2.53. The monoisotopic (exact) mass is 336 g/mol. The second-order valence-corrected chi connectivity index (χ2v) is 6.38. The molecule has 1 atom stereocenters. The highest BCUT2D eigenvalue weighted by Crippen LogP contribution is 2.22. The number of hydrogen-bond acceptors (Lipinski definition) is 6. The summed E-state index contributed by atoms with van der Waals surface area (Å²) in [5.74, 6) is -0.406. The molecule has 2 heterocycles. The molecule has 0 saturated carbocycles. The van der Waals surface area contributed by atoms with Crippen LogP contribution in [0.2, 0.25) is 0 Å². The summed E-state index contributed by atoms with van der Waals surface area (Å²) in [7, 11) is 1.49. The van der Waals surface area contributed by atoms with E-state index in [1.807, 2.05) is 0 Å². The first-order chi connectivity index (χ1) is 11.4. The quantitative estimate of drug-likeness (QED) is 0.755. The van der Waals surface area contributed by atoms with Crippen molar-refractivity contribution in [2.45, 2.75) is 31.7 Å². The highest BCUT2D eigenvalue weighted by atomic mass is 16.5. The first-order valence-corrected chi connectivity index (χ1v) is 7.97. The molecule has 0 aromatic carbocycles. The molecule has 0 aliphatic carbocycles. The van der Waals surface area contributed by atoms with Gasteiger partial charge in [0, 0.05) is 38.5 Å². The van der Waals surface area contributed by atoms with Gasteiger partial charge in [-0.3, -0.25) is 14.6 Å². The number of carbonyl (C=O) groups excluding carboxylic acids is 1. The number of aromatic nitrogens is 2. The number of carboxylic acids is 1. The van der Waals surface area contributed by atoms with Crippen LogP contribution in [0.3, 0.4) is 0 Å². The van der Waals surface area contributed by atoms with Crippen molar-refractivity contribution >= 4 is 17.7 Å². The number of carboxylic acid groups (broad SMARTS) is 1. The average molecular weight is 336 g/mol. The number of nitrogens with one attached hydrogen (secondary N) is 1. The SMILES string of the molecule is COCC(C)(CC(=O)O)NC(=O)C1CCN(c2cnccn2)CC1. The number of amides is 1. The third-order valence-electron chi connectivity index (χ3n) is 4.17. The first-order valence-electron chi connectivity index (χ1n) is 7.97. The van der Waals surface area contributed by atoms with Crippen LogP contribution in [0.1, 0.15) is 26.2 Å². The van der Waals surface area contributed by atoms with Crippen molar-refractivity contribution in [1.82, 2.24) is 15.3 Å². The van der Waals surface area contributed by atoms with E-state index in [4.69, 9.17) is 9.84 Å². The Morgan fingerprint density at radius 1 is 1.42 bits per heavy atom. The van der Waals surface area contributed by atoms with Crippen LogP contribution in [0, 0.1) is 5.92 Å². The highest BCUT2D eigenvalue weighted by molar-refractivity contribution is 5.80. The molecule has 1 saturated heterocycles. The van der Waals surface area contributed by atoms with E-state index in [1.54, 1.807) is 25.5 Å². The van der Waals surface area contributed by atoms with Crippen molar-refractivity contribution in [3.05, 3.63) is 18.6 Å². The predicted molar refractivity (Wildman–Crippen MR) is 87.6 cm³/mol.